The van der Waals surface area contributed by atoms with Crippen LogP contribution in [0.1, 0.15) is 111 Å². The molecule has 0 rings (SSSR count). The highest BCUT2D eigenvalue weighted by Crippen LogP contribution is 2.14. The number of hydrogen-bond donors (Lipinski definition) is 1. The summed E-state index contributed by atoms with van der Waals surface area (Å²) < 4.78 is 1.30. The highest BCUT2D eigenvalue weighted by atomic mass is 16.4. The van der Waals surface area contributed by atoms with Crippen molar-refractivity contribution in [2.24, 2.45) is 0 Å². The zero-order chi connectivity index (χ0) is 18.8. The molecule has 0 fully saturated rings. The summed E-state index contributed by atoms with van der Waals surface area (Å²) in [5, 5.41) is 8.57. The van der Waals surface area contributed by atoms with Crippen molar-refractivity contribution in [2.75, 3.05) is 26.2 Å². The first-order chi connectivity index (χ1) is 12.1. The first-order valence-corrected chi connectivity index (χ1v) is 11.2. The Balaban J connectivity index is 3.25. The lowest BCUT2D eigenvalue weighted by molar-refractivity contribution is -0.923. The van der Waals surface area contributed by atoms with E-state index in [2.05, 4.69) is 20.8 Å². The van der Waals surface area contributed by atoms with E-state index in [0.29, 0.717) is 6.42 Å². The van der Waals surface area contributed by atoms with Crippen LogP contribution < -0.4 is 0 Å². The zero-order valence-electron chi connectivity index (χ0n) is 17.5. The van der Waals surface area contributed by atoms with Gasteiger partial charge in [-0.2, -0.15) is 0 Å². The zero-order valence-corrected chi connectivity index (χ0v) is 17.5. The fourth-order valence-corrected chi connectivity index (χ4v) is 3.81. The van der Waals surface area contributed by atoms with Gasteiger partial charge in [0.2, 0.25) is 0 Å². The van der Waals surface area contributed by atoms with Crippen molar-refractivity contribution in [3.05, 3.63) is 0 Å². The standard InChI is InChI=1S/C22H45NO2/c1-4-23(5-2,6-3)21-19-17-15-13-11-9-7-8-10-12-14-16-18-20-22(24)25/h4-21H2,1-3H3/p+1. The third-order valence-electron chi connectivity index (χ3n) is 6.04. The number of rotatable bonds is 19. The first kappa shape index (κ1) is 24.4. The lowest BCUT2D eigenvalue weighted by Crippen LogP contribution is -2.48. The van der Waals surface area contributed by atoms with Gasteiger partial charge >= 0.3 is 5.97 Å². The number of nitrogens with zero attached hydrogens (tertiary/aromatic N) is 1. The van der Waals surface area contributed by atoms with E-state index in [1.165, 1.54) is 101 Å². The second kappa shape index (κ2) is 16.9. The predicted octanol–water partition coefficient (Wildman–Crippen LogP) is 6.41. The highest BCUT2D eigenvalue weighted by Gasteiger charge is 2.19. The molecule has 3 nitrogen and oxygen atoms in total. The number of hydrogen-bond acceptors (Lipinski definition) is 1. The molecule has 0 spiro atoms. The van der Waals surface area contributed by atoms with Gasteiger partial charge in [0.05, 0.1) is 26.2 Å². The maximum atomic E-state index is 10.4. The first-order valence-electron chi connectivity index (χ1n) is 11.2. The van der Waals surface area contributed by atoms with Gasteiger partial charge in [-0.1, -0.05) is 64.2 Å². The van der Waals surface area contributed by atoms with Gasteiger partial charge in [-0.05, 0) is 40.0 Å². The maximum Gasteiger partial charge on any atom is 0.303 e. The van der Waals surface area contributed by atoms with Crippen molar-refractivity contribution in [1.82, 2.24) is 0 Å². The van der Waals surface area contributed by atoms with E-state index in [1.54, 1.807) is 0 Å². The van der Waals surface area contributed by atoms with Crippen molar-refractivity contribution in [1.29, 1.82) is 0 Å². The number of unbranched alkanes of at least 4 members (excludes halogenated alkanes) is 12. The van der Waals surface area contributed by atoms with Gasteiger partial charge in [0.1, 0.15) is 0 Å². The largest absolute Gasteiger partial charge is 0.481 e. The maximum absolute atomic E-state index is 10.4. The quantitative estimate of drug-likeness (QED) is 0.214. The van der Waals surface area contributed by atoms with Gasteiger partial charge in [0.25, 0.3) is 0 Å². The van der Waals surface area contributed by atoms with Crippen LogP contribution in [-0.4, -0.2) is 41.7 Å². The minimum absolute atomic E-state index is 0.343. The molecular weight excluding hydrogens is 310 g/mol. The fraction of sp³-hybridized carbons (Fsp3) is 0.955. The van der Waals surface area contributed by atoms with Gasteiger partial charge in [-0.25, -0.2) is 0 Å². The summed E-state index contributed by atoms with van der Waals surface area (Å²) >= 11 is 0. The molecule has 0 amide bonds. The van der Waals surface area contributed by atoms with Crippen molar-refractivity contribution in [2.45, 2.75) is 111 Å². The molecule has 0 saturated carbocycles. The van der Waals surface area contributed by atoms with Crippen LogP contribution in [0.3, 0.4) is 0 Å². The van der Waals surface area contributed by atoms with Crippen molar-refractivity contribution < 1.29 is 14.4 Å². The average molecular weight is 357 g/mol. The summed E-state index contributed by atoms with van der Waals surface area (Å²) in [6.07, 6.45) is 17.3. The van der Waals surface area contributed by atoms with Crippen LogP contribution in [0.15, 0.2) is 0 Å². The normalized spacial score (nSPS) is 11.8. The predicted molar refractivity (Wildman–Crippen MR) is 109 cm³/mol. The molecule has 3 heteroatoms. The third-order valence-corrected chi connectivity index (χ3v) is 6.04. The molecular formula is C22H46NO2+. The van der Waals surface area contributed by atoms with Gasteiger partial charge in [0, 0.05) is 6.42 Å². The molecule has 0 saturated heterocycles. The van der Waals surface area contributed by atoms with E-state index < -0.39 is 5.97 Å². The Morgan fingerprint density at radius 1 is 0.600 bits per heavy atom. The topological polar surface area (TPSA) is 37.3 Å². The second-order valence-corrected chi connectivity index (χ2v) is 7.75. The van der Waals surface area contributed by atoms with Crippen molar-refractivity contribution in [3.63, 3.8) is 0 Å². The van der Waals surface area contributed by atoms with Crippen LogP contribution in [0.5, 0.6) is 0 Å². The van der Waals surface area contributed by atoms with E-state index in [-0.39, 0.29) is 0 Å². The molecule has 0 aromatic rings. The SMILES string of the molecule is CC[N+](CC)(CC)CCCCCCCCCCCCCCCC(=O)O. The molecule has 0 bridgehead atoms. The minimum Gasteiger partial charge on any atom is -0.481 e. The summed E-state index contributed by atoms with van der Waals surface area (Å²) in [7, 11) is 0. The molecule has 0 aromatic carbocycles. The average Bonchev–Trinajstić information content (AvgIpc) is 2.62. The Morgan fingerprint density at radius 3 is 1.24 bits per heavy atom. The summed E-state index contributed by atoms with van der Waals surface area (Å²) in [5.41, 5.74) is 0. The van der Waals surface area contributed by atoms with Crippen LogP contribution in [0, 0.1) is 0 Å². The Hall–Kier alpha value is -0.570. The Kier molecular flexibility index (Phi) is 16.5. The monoisotopic (exact) mass is 356 g/mol. The summed E-state index contributed by atoms with van der Waals surface area (Å²) in [6, 6.07) is 0. The van der Waals surface area contributed by atoms with Crippen LogP contribution in [-0.2, 0) is 4.79 Å². The molecule has 25 heavy (non-hydrogen) atoms. The van der Waals surface area contributed by atoms with Crippen molar-refractivity contribution in [3.8, 4) is 0 Å². The van der Waals surface area contributed by atoms with Crippen LogP contribution in [0.4, 0.5) is 0 Å². The van der Waals surface area contributed by atoms with E-state index in [1.807, 2.05) is 0 Å². The van der Waals surface area contributed by atoms with Crippen LogP contribution in [0.25, 0.3) is 0 Å². The molecule has 0 radical (unpaired) electrons. The number of quaternary nitrogens is 1. The summed E-state index contributed by atoms with van der Waals surface area (Å²) in [6.45, 7) is 12.2. The van der Waals surface area contributed by atoms with E-state index in [0.717, 1.165) is 12.8 Å². The number of carbonyl (C=O) groups is 1. The molecule has 0 aromatic heterocycles. The lowest BCUT2D eigenvalue weighted by Gasteiger charge is -2.35. The molecule has 0 atom stereocenters. The van der Waals surface area contributed by atoms with E-state index in [4.69, 9.17) is 5.11 Å². The van der Waals surface area contributed by atoms with Gasteiger partial charge in [-0.3, -0.25) is 4.79 Å². The van der Waals surface area contributed by atoms with E-state index in [9.17, 15) is 4.79 Å². The number of carboxylic acid groups (broad SMARTS) is 1. The van der Waals surface area contributed by atoms with Gasteiger partial charge in [-0.15, -0.1) is 0 Å². The molecule has 0 aliphatic heterocycles. The number of carboxylic acids is 1. The van der Waals surface area contributed by atoms with Crippen LogP contribution >= 0.6 is 0 Å². The molecule has 0 aliphatic rings. The van der Waals surface area contributed by atoms with E-state index >= 15 is 0 Å². The number of aliphatic carboxylic acids is 1. The third kappa shape index (κ3) is 14.3. The molecule has 0 aliphatic carbocycles. The molecule has 0 unspecified atom stereocenters. The summed E-state index contributed by atoms with van der Waals surface area (Å²) in [5.74, 6) is -0.653. The molecule has 150 valence electrons. The Morgan fingerprint density at radius 2 is 0.920 bits per heavy atom. The summed E-state index contributed by atoms with van der Waals surface area (Å²) in [4.78, 5) is 10.4. The smallest absolute Gasteiger partial charge is 0.303 e. The van der Waals surface area contributed by atoms with Gasteiger partial charge in [0.15, 0.2) is 0 Å². The highest BCUT2D eigenvalue weighted by molar-refractivity contribution is 5.66. The molecule has 1 N–H and O–H groups in total. The lowest BCUT2D eigenvalue weighted by atomic mass is 10.0. The fourth-order valence-electron chi connectivity index (χ4n) is 3.81. The minimum atomic E-state index is -0.653. The second-order valence-electron chi connectivity index (χ2n) is 7.75. The van der Waals surface area contributed by atoms with Crippen LogP contribution in [0.2, 0.25) is 0 Å². The Labute approximate surface area is 157 Å². The molecule has 0 heterocycles. The Bertz CT molecular complexity index is 292. The van der Waals surface area contributed by atoms with Crippen molar-refractivity contribution >= 4 is 5.97 Å². The van der Waals surface area contributed by atoms with Gasteiger partial charge < -0.3 is 9.59 Å².